The molecule has 0 aliphatic heterocycles. The zero-order chi connectivity index (χ0) is 17.9. The molecule has 132 valence electrons. The van der Waals surface area contributed by atoms with Crippen LogP contribution in [-0.4, -0.2) is 28.0 Å². The van der Waals surface area contributed by atoms with E-state index in [-0.39, 0.29) is 11.7 Å². The Morgan fingerprint density at radius 2 is 1.88 bits per heavy atom. The van der Waals surface area contributed by atoms with Crippen molar-refractivity contribution in [3.8, 4) is 5.75 Å². The molecule has 1 aromatic carbocycles. The number of ether oxygens (including phenoxy) is 1. The molecule has 5 heteroatoms. The Hall–Kier alpha value is -1.49. The van der Waals surface area contributed by atoms with Crippen molar-refractivity contribution in [2.24, 2.45) is 5.92 Å². The lowest BCUT2D eigenvalue weighted by molar-refractivity contribution is -0.123. The number of carbonyl (C=O) groups is 2. The van der Waals surface area contributed by atoms with Gasteiger partial charge < -0.3 is 4.74 Å². The van der Waals surface area contributed by atoms with Crippen molar-refractivity contribution in [3.05, 3.63) is 29.3 Å². The minimum atomic E-state index is -0.669. The van der Waals surface area contributed by atoms with Crippen molar-refractivity contribution in [2.75, 3.05) is 7.05 Å². The van der Waals surface area contributed by atoms with Gasteiger partial charge in [-0.1, -0.05) is 26.0 Å². The molecule has 1 aliphatic rings. The van der Waals surface area contributed by atoms with Gasteiger partial charge in [0.2, 0.25) is 0 Å². The highest BCUT2D eigenvalue weighted by molar-refractivity contribution is 7.99. The van der Waals surface area contributed by atoms with Crippen LogP contribution in [0.2, 0.25) is 0 Å². The van der Waals surface area contributed by atoms with Crippen molar-refractivity contribution in [1.29, 1.82) is 0 Å². The average molecular weight is 349 g/mol. The van der Waals surface area contributed by atoms with Crippen molar-refractivity contribution >= 4 is 23.8 Å². The third kappa shape index (κ3) is 4.32. The van der Waals surface area contributed by atoms with Gasteiger partial charge in [0.1, 0.15) is 5.75 Å². The lowest BCUT2D eigenvalue weighted by Gasteiger charge is -2.29. The Morgan fingerprint density at radius 1 is 1.21 bits per heavy atom. The van der Waals surface area contributed by atoms with Gasteiger partial charge in [-0.3, -0.25) is 9.10 Å². The number of fused-ring (bicyclic) bond motifs is 1. The van der Waals surface area contributed by atoms with Gasteiger partial charge in [-0.15, -0.1) is 0 Å². The summed E-state index contributed by atoms with van der Waals surface area (Å²) in [5.41, 5.74) is 2.42. The number of rotatable bonds is 5. The predicted molar refractivity (Wildman–Crippen MR) is 98.4 cm³/mol. The summed E-state index contributed by atoms with van der Waals surface area (Å²) < 4.78 is 6.37. The van der Waals surface area contributed by atoms with E-state index in [0.717, 1.165) is 24.8 Å². The minimum absolute atomic E-state index is 0.0712. The summed E-state index contributed by atoms with van der Waals surface area (Å²) in [6.07, 6.45) is 3.87. The fraction of sp³-hybridized carbons (Fsp3) is 0.579. The molecule has 0 atom stereocenters. The maximum Gasteiger partial charge on any atom is 0.425 e. The molecule has 0 radical (unpaired) electrons. The van der Waals surface area contributed by atoms with Crippen LogP contribution in [0.15, 0.2) is 18.2 Å². The SMILES string of the molecule is CC(C)C(=O)C(C)(C)SN(C)C(=O)Oc1cccc2c1CCCC2. The Kier molecular flexibility index (Phi) is 5.97. The van der Waals surface area contributed by atoms with E-state index in [9.17, 15) is 9.59 Å². The van der Waals surface area contributed by atoms with Crippen LogP contribution in [0.3, 0.4) is 0 Å². The quantitative estimate of drug-likeness (QED) is 0.726. The van der Waals surface area contributed by atoms with E-state index in [1.807, 2.05) is 39.8 Å². The van der Waals surface area contributed by atoms with E-state index in [4.69, 9.17) is 4.74 Å². The van der Waals surface area contributed by atoms with Crippen LogP contribution >= 0.6 is 11.9 Å². The second-order valence-electron chi connectivity index (χ2n) is 7.09. The Bertz CT molecular complexity index is 625. The normalized spacial score (nSPS) is 14.2. The van der Waals surface area contributed by atoms with Gasteiger partial charge >= 0.3 is 6.09 Å². The van der Waals surface area contributed by atoms with Gasteiger partial charge in [-0.2, -0.15) is 0 Å². The van der Waals surface area contributed by atoms with Crippen molar-refractivity contribution in [2.45, 2.75) is 58.1 Å². The highest BCUT2D eigenvalue weighted by Gasteiger charge is 2.34. The highest BCUT2D eigenvalue weighted by atomic mass is 32.2. The number of benzene rings is 1. The maximum atomic E-state index is 12.4. The number of carbonyl (C=O) groups excluding carboxylic acids is 2. The molecule has 0 spiro atoms. The molecule has 2 rings (SSSR count). The minimum Gasteiger partial charge on any atom is -0.409 e. The zero-order valence-electron chi connectivity index (χ0n) is 15.2. The summed E-state index contributed by atoms with van der Waals surface area (Å²) >= 11 is 1.21. The monoisotopic (exact) mass is 349 g/mol. The van der Waals surface area contributed by atoms with Crippen LogP contribution in [0.4, 0.5) is 4.79 Å². The van der Waals surface area contributed by atoms with Gasteiger partial charge in [0.05, 0.1) is 4.75 Å². The molecule has 0 aromatic heterocycles. The van der Waals surface area contributed by atoms with Crippen molar-refractivity contribution < 1.29 is 14.3 Å². The van der Waals surface area contributed by atoms with E-state index in [1.54, 1.807) is 7.05 Å². The molecule has 0 heterocycles. The summed E-state index contributed by atoms with van der Waals surface area (Å²) in [5, 5.41) is 0. The fourth-order valence-corrected chi connectivity index (χ4v) is 4.24. The fourth-order valence-electron chi connectivity index (χ4n) is 3.12. The van der Waals surface area contributed by atoms with Gasteiger partial charge in [-0.25, -0.2) is 4.79 Å². The smallest absolute Gasteiger partial charge is 0.409 e. The first-order chi connectivity index (χ1) is 11.2. The number of hydrogen-bond acceptors (Lipinski definition) is 4. The number of ketones is 1. The Balaban J connectivity index is 2.06. The number of aryl methyl sites for hydroxylation is 1. The lowest BCUT2D eigenvalue weighted by Crippen LogP contribution is -2.37. The first-order valence-corrected chi connectivity index (χ1v) is 9.29. The Morgan fingerprint density at radius 3 is 2.54 bits per heavy atom. The molecule has 0 unspecified atom stereocenters. The van der Waals surface area contributed by atoms with Gasteiger partial charge in [-0.05, 0) is 68.7 Å². The molecule has 0 saturated heterocycles. The van der Waals surface area contributed by atoms with Crippen LogP contribution in [0.1, 0.15) is 51.7 Å². The van der Waals surface area contributed by atoms with Crippen molar-refractivity contribution in [3.63, 3.8) is 0 Å². The topological polar surface area (TPSA) is 46.6 Å². The molecule has 1 amide bonds. The molecule has 0 saturated carbocycles. The molecule has 4 nitrogen and oxygen atoms in total. The molecule has 0 bridgehead atoms. The molecule has 1 aromatic rings. The maximum absolute atomic E-state index is 12.4. The predicted octanol–water partition coefficient (Wildman–Crippen LogP) is 4.65. The first kappa shape index (κ1) is 18.8. The van der Waals surface area contributed by atoms with Crippen molar-refractivity contribution in [1.82, 2.24) is 4.31 Å². The van der Waals surface area contributed by atoms with E-state index in [0.29, 0.717) is 5.75 Å². The van der Waals surface area contributed by atoms with E-state index >= 15 is 0 Å². The van der Waals surface area contributed by atoms with Crippen LogP contribution in [0.25, 0.3) is 0 Å². The third-order valence-electron chi connectivity index (χ3n) is 4.29. The van der Waals surface area contributed by atoms with Crippen LogP contribution in [0, 0.1) is 5.92 Å². The summed E-state index contributed by atoms with van der Waals surface area (Å²) in [4.78, 5) is 24.7. The van der Waals surface area contributed by atoms with Gasteiger partial charge in [0.25, 0.3) is 0 Å². The third-order valence-corrected chi connectivity index (χ3v) is 5.37. The average Bonchev–Trinajstić information content (AvgIpc) is 2.53. The van der Waals surface area contributed by atoms with E-state index in [1.165, 1.54) is 28.2 Å². The molecule has 24 heavy (non-hydrogen) atoms. The van der Waals surface area contributed by atoms with Crippen LogP contribution in [-0.2, 0) is 17.6 Å². The first-order valence-electron chi connectivity index (χ1n) is 8.52. The highest BCUT2D eigenvalue weighted by Crippen LogP contribution is 2.33. The molecule has 0 fully saturated rings. The summed E-state index contributed by atoms with van der Waals surface area (Å²) in [5.74, 6) is 0.694. The van der Waals surface area contributed by atoms with E-state index < -0.39 is 10.8 Å². The zero-order valence-corrected chi connectivity index (χ0v) is 16.0. The summed E-state index contributed by atoms with van der Waals surface area (Å²) in [6.45, 7) is 7.43. The van der Waals surface area contributed by atoms with Gasteiger partial charge in [0, 0.05) is 13.0 Å². The van der Waals surface area contributed by atoms with E-state index in [2.05, 4.69) is 6.07 Å². The molecule has 1 aliphatic carbocycles. The second-order valence-corrected chi connectivity index (χ2v) is 8.84. The van der Waals surface area contributed by atoms with Gasteiger partial charge in [0.15, 0.2) is 5.78 Å². The summed E-state index contributed by atoms with van der Waals surface area (Å²) in [6, 6.07) is 5.89. The molecule has 0 N–H and O–H groups in total. The Labute approximate surface area is 149 Å². The summed E-state index contributed by atoms with van der Waals surface area (Å²) in [7, 11) is 1.65. The largest absolute Gasteiger partial charge is 0.425 e. The number of amides is 1. The molecular formula is C19H27NO3S. The number of hydrogen-bond donors (Lipinski definition) is 0. The second kappa shape index (κ2) is 7.60. The van der Waals surface area contributed by atoms with Crippen LogP contribution in [0.5, 0.6) is 5.75 Å². The lowest BCUT2D eigenvalue weighted by atomic mass is 9.91. The van der Waals surface area contributed by atoms with Crippen LogP contribution < -0.4 is 4.74 Å². The standard InChI is InChI=1S/C19H27NO3S/c1-13(2)17(21)19(3,4)24-20(5)18(22)23-16-12-8-10-14-9-6-7-11-15(14)16/h8,10,12-13H,6-7,9,11H2,1-5H3. The number of nitrogens with zero attached hydrogens (tertiary/aromatic N) is 1. The molecular weight excluding hydrogens is 322 g/mol. The number of Topliss-reactive ketones (excluding diaryl/α,β-unsaturated/α-hetero) is 1.